The molecule has 1 aliphatic heterocycles. The molecule has 0 bridgehead atoms. The lowest BCUT2D eigenvalue weighted by Gasteiger charge is -2.15. The van der Waals surface area contributed by atoms with E-state index in [1.807, 2.05) is 32.1 Å². The summed E-state index contributed by atoms with van der Waals surface area (Å²) in [4.78, 5) is 33.0. The zero-order chi connectivity index (χ0) is 28.7. The van der Waals surface area contributed by atoms with E-state index in [1.54, 1.807) is 34.9 Å². The second kappa shape index (κ2) is 13.5. The minimum Gasteiger partial charge on any atom is -0.347 e. The quantitative estimate of drug-likeness (QED) is 0.308. The van der Waals surface area contributed by atoms with Crippen molar-refractivity contribution in [3.63, 3.8) is 0 Å². The number of hydrogen-bond acceptors (Lipinski definition) is 4. The zero-order valence-electron chi connectivity index (χ0n) is 24.2. The lowest BCUT2D eigenvalue weighted by Crippen LogP contribution is -2.29. The monoisotopic (exact) mass is 532 g/mol. The van der Waals surface area contributed by atoms with Crippen LogP contribution in [0.25, 0.3) is 5.65 Å². The Morgan fingerprint density at radius 3 is 2.51 bits per heavy atom. The van der Waals surface area contributed by atoms with Crippen LogP contribution >= 0.6 is 0 Å². The van der Waals surface area contributed by atoms with Crippen molar-refractivity contribution in [2.45, 2.75) is 73.8 Å². The van der Waals surface area contributed by atoms with Crippen LogP contribution in [-0.4, -0.2) is 39.4 Å². The summed E-state index contributed by atoms with van der Waals surface area (Å²) in [5, 5.41) is 2.97. The molecule has 0 spiro atoms. The van der Waals surface area contributed by atoms with Gasteiger partial charge in [-0.2, -0.15) is 0 Å². The second-order valence-electron chi connectivity index (χ2n) is 10.8. The number of halogens is 1. The molecular weight excluding hydrogens is 491 g/mol. The Hall–Kier alpha value is -3.61. The van der Waals surface area contributed by atoms with E-state index in [-0.39, 0.29) is 23.5 Å². The number of nitrogens with zero attached hydrogens (tertiary/aromatic N) is 3. The van der Waals surface area contributed by atoms with Gasteiger partial charge in [-0.15, -0.1) is 0 Å². The summed E-state index contributed by atoms with van der Waals surface area (Å²) in [6.07, 6.45) is 6.73. The number of allylic oxidation sites excluding steroid dienone is 1. The Labute approximate surface area is 231 Å². The van der Waals surface area contributed by atoms with Crippen molar-refractivity contribution in [1.29, 1.82) is 0 Å². The number of hydrogen-bond donors (Lipinski definition) is 1. The third-order valence-electron chi connectivity index (χ3n) is 7.20. The van der Waals surface area contributed by atoms with Gasteiger partial charge < -0.3 is 5.32 Å². The standard InChI is InChI=1S/C19H22N4O2.C13H19F/c1-4-6-15-14(9-12(2)21-15)10-20-19(25)17-7-5-8-18-22-16(13(3)24)11-23(17)18;1-9(2)10(3)7-12-5-6-13(14)11(4)8-12/h5,7-9,11,15H,4,6,10H2,1-3H3,(H,20,25);5-6,8-10H,7H2,1-4H3. The topological polar surface area (TPSA) is 75.8 Å². The summed E-state index contributed by atoms with van der Waals surface area (Å²) >= 11 is 0. The maximum absolute atomic E-state index is 13.0. The van der Waals surface area contributed by atoms with Gasteiger partial charge in [0.1, 0.15) is 22.9 Å². The number of Topliss-reactive ketones (excluding diaryl/α,β-unsaturated/α-hetero) is 1. The number of imidazole rings is 1. The fourth-order valence-electron chi connectivity index (χ4n) is 4.50. The van der Waals surface area contributed by atoms with Crippen LogP contribution in [0.15, 0.2) is 59.2 Å². The number of fused-ring (bicyclic) bond motifs is 1. The number of ketones is 1. The van der Waals surface area contributed by atoms with Crippen LogP contribution in [0, 0.1) is 24.6 Å². The summed E-state index contributed by atoms with van der Waals surface area (Å²) in [5.41, 5.74) is 5.52. The number of rotatable bonds is 9. The van der Waals surface area contributed by atoms with Gasteiger partial charge in [-0.3, -0.25) is 19.0 Å². The molecule has 0 radical (unpaired) electrons. The molecule has 6 nitrogen and oxygen atoms in total. The largest absolute Gasteiger partial charge is 0.347 e. The van der Waals surface area contributed by atoms with Gasteiger partial charge in [0, 0.05) is 25.4 Å². The van der Waals surface area contributed by atoms with Crippen LogP contribution in [0.4, 0.5) is 4.39 Å². The molecule has 0 aliphatic carbocycles. The number of aromatic nitrogens is 2. The first-order valence-corrected chi connectivity index (χ1v) is 13.8. The van der Waals surface area contributed by atoms with Gasteiger partial charge in [0.2, 0.25) is 0 Å². The maximum Gasteiger partial charge on any atom is 0.268 e. The minimum absolute atomic E-state index is 0.106. The van der Waals surface area contributed by atoms with Crippen LogP contribution in [-0.2, 0) is 6.42 Å². The fraction of sp³-hybridized carbons (Fsp3) is 0.438. The predicted octanol–water partition coefficient (Wildman–Crippen LogP) is 6.81. The van der Waals surface area contributed by atoms with Crippen molar-refractivity contribution in [3.8, 4) is 0 Å². The van der Waals surface area contributed by atoms with E-state index in [4.69, 9.17) is 0 Å². The van der Waals surface area contributed by atoms with E-state index in [0.29, 0.717) is 35.4 Å². The molecule has 0 fully saturated rings. The zero-order valence-corrected chi connectivity index (χ0v) is 24.2. The molecule has 208 valence electrons. The molecule has 1 aromatic carbocycles. The lowest BCUT2D eigenvalue weighted by molar-refractivity contribution is 0.0948. The summed E-state index contributed by atoms with van der Waals surface area (Å²) in [6, 6.07) is 10.8. The van der Waals surface area contributed by atoms with Gasteiger partial charge >= 0.3 is 0 Å². The molecule has 0 saturated heterocycles. The first-order valence-electron chi connectivity index (χ1n) is 13.8. The molecule has 39 heavy (non-hydrogen) atoms. The van der Waals surface area contributed by atoms with E-state index < -0.39 is 0 Å². The molecule has 2 unspecified atom stereocenters. The Bertz CT molecular complexity index is 1390. The number of pyridine rings is 1. The highest BCUT2D eigenvalue weighted by atomic mass is 19.1. The van der Waals surface area contributed by atoms with Crippen LogP contribution in [0.5, 0.6) is 0 Å². The van der Waals surface area contributed by atoms with Crippen LogP contribution in [0.1, 0.15) is 86.5 Å². The van der Waals surface area contributed by atoms with Gasteiger partial charge in [-0.05, 0) is 79.5 Å². The Morgan fingerprint density at radius 1 is 1.13 bits per heavy atom. The van der Waals surface area contributed by atoms with Gasteiger partial charge in [0.05, 0.1) is 6.04 Å². The first kappa shape index (κ1) is 29.9. The second-order valence-corrected chi connectivity index (χ2v) is 10.8. The van der Waals surface area contributed by atoms with Gasteiger partial charge in [-0.25, -0.2) is 9.37 Å². The number of aryl methyl sites for hydroxylation is 1. The first-order chi connectivity index (χ1) is 18.5. The Balaban J connectivity index is 0.000000255. The van der Waals surface area contributed by atoms with E-state index in [9.17, 15) is 14.0 Å². The third kappa shape index (κ3) is 7.94. The van der Waals surface area contributed by atoms with Crippen molar-refractivity contribution in [2.75, 3.05) is 6.54 Å². The van der Waals surface area contributed by atoms with Crippen molar-refractivity contribution < 1.29 is 14.0 Å². The minimum atomic E-state index is -0.196. The molecule has 7 heteroatoms. The fourth-order valence-corrected chi connectivity index (χ4v) is 4.50. The summed E-state index contributed by atoms with van der Waals surface area (Å²) < 4.78 is 14.6. The number of nitrogens with one attached hydrogen (secondary N) is 1. The molecule has 3 aromatic rings. The Kier molecular flexibility index (Phi) is 10.3. The predicted molar refractivity (Wildman–Crippen MR) is 156 cm³/mol. The average molecular weight is 533 g/mol. The summed E-state index contributed by atoms with van der Waals surface area (Å²) in [5.74, 6) is 0.908. The molecule has 4 rings (SSSR count). The lowest BCUT2D eigenvalue weighted by atomic mass is 9.90. The highest BCUT2D eigenvalue weighted by molar-refractivity contribution is 5.97. The van der Waals surface area contributed by atoms with Crippen molar-refractivity contribution in [1.82, 2.24) is 14.7 Å². The molecule has 1 N–H and O–H groups in total. The average Bonchev–Trinajstić information content (AvgIpc) is 3.48. The third-order valence-corrected chi connectivity index (χ3v) is 7.20. The molecular formula is C32H41FN4O2. The molecule has 2 aromatic heterocycles. The van der Waals surface area contributed by atoms with Crippen molar-refractivity contribution in [2.24, 2.45) is 16.8 Å². The van der Waals surface area contributed by atoms with E-state index >= 15 is 0 Å². The van der Waals surface area contributed by atoms with Crippen LogP contribution in [0.3, 0.4) is 0 Å². The molecule has 0 saturated carbocycles. The Morgan fingerprint density at radius 2 is 1.87 bits per heavy atom. The van der Waals surface area contributed by atoms with Gasteiger partial charge in [0.25, 0.3) is 5.91 Å². The summed E-state index contributed by atoms with van der Waals surface area (Å²) in [7, 11) is 0. The summed E-state index contributed by atoms with van der Waals surface area (Å²) in [6.45, 7) is 14.5. The molecule has 3 heterocycles. The SMILES string of the molecule is CCCC1N=C(C)C=C1CNC(=O)c1cccc2nc(C(C)=O)cn12.Cc1cc(CC(C)C(C)C)ccc1F. The smallest absolute Gasteiger partial charge is 0.268 e. The number of carbonyl (C=O) groups is 2. The van der Waals surface area contributed by atoms with Gasteiger partial charge in [0.15, 0.2) is 5.78 Å². The van der Waals surface area contributed by atoms with E-state index in [0.717, 1.165) is 36.1 Å². The number of benzene rings is 1. The van der Waals surface area contributed by atoms with E-state index in [2.05, 4.69) is 43.0 Å². The number of amides is 1. The molecule has 1 aliphatic rings. The number of carbonyl (C=O) groups excluding carboxylic acids is 2. The van der Waals surface area contributed by atoms with Crippen molar-refractivity contribution >= 4 is 23.0 Å². The highest BCUT2D eigenvalue weighted by Gasteiger charge is 2.20. The van der Waals surface area contributed by atoms with Gasteiger partial charge in [-0.1, -0.05) is 52.3 Å². The normalized spacial score (nSPS) is 15.5. The molecule has 1 amide bonds. The van der Waals surface area contributed by atoms with Crippen LogP contribution < -0.4 is 5.32 Å². The van der Waals surface area contributed by atoms with E-state index in [1.165, 1.54) is 12.5 Å². The molecule has 2 atom stereocenters. The maximum atomic E-state index is 13.0. The van der Waals surface area contributed by atoms with Crippen molar-refractivity contribution in [3.05, 3.63) is 82.6 Å². The highest BCUT2D eigenvalue weighted by Crippen LogP contribution is 2.20. The number of aliphatic imine (C=N–C) groups is 1. The van der Waals surface area contributed by atoms with Crippen LogP contribution in [0.2, 0.25) is 0 Å².